The fourth-order valence-corrected chi connectivity index (χ4v) is 5.22. The van der Waals surface area contributed by atoms with Crippen molar-refractivity contribution >= 4 is 28.9 Å². The molecule has 2 aliphatic rings. The Hall–Kier alpha value is -3.73. The molecule has 2 aliphatic heterocycles. The van der Waals surface area contributed by atoms with Crippen LogP contribution in [0.4, 0.5) is 10.6 Å². The molecule has 0 radical (unpaired) electrons. The van der Waals surface area contributed by atoms with Gasteiger partial charge in [-0.25, -0.2) is 14.8 Å². The van der Waals surface area contributed by atoms with Gasteiger partial charge in [0.1, 0.15) is 29.0 Å². The van der Waals surface area contributed by atoms with Crippen LogP contribution in [0.1, 0.15) is 33.0 Å². The van der Waals surface area contributed by atoms with Crippen molar-refractivity contribution in [3.8, 4) is 11.4 Å². The smallest absolute Gasteiger partial charge is 0.411 e. The minimum absolute atomic E-state index is 0.159. The summed E-state index contributed by atoms with van der Waals surface area (Å²) in [6.45, 7) is 8.52. The number of aryl methyl sites for hydroxylation is 1. The molecule has 11 nitrogen and oxygen atoms in total. The Bertz CT molecular complexity index is 1370. The van der Waals surface area contributed by atoms with E-state index in [1.165, 1.54) is 4.90 Å². The zero-order valence-corrected chi connectivity index (χ0v) is 22.8. The van der Waals surface area contributed by atoms with Crippen molar-refractivity contribution in [2.45, 2.75) is 64.4 Å². The van der Waals surface area contributed by atoms with E-state index in [1.54, 1.807) is 25.3 Å². The van der Waals surface area contributed by atoms with Crippen LogP contribution in [0.3, 0.4) is 0 Å². The van der Waals surface area contributed by atoms with E-state index >= 15 is 0 Å². The van der Waals surface area contributed by atoms with Gasteiger partial charge in [-0.2, -0.15) is 0 Å². The Morgan fingerprint density at radius 2 is 1.92 bits per heavy atom. The van der Waals surface area contributed by atoms with E-state index in [0.717, 1.165) is 22.6 Å². The predicted molar refractivity (Wildman–Crippen MR) is 143 cm³/mol. The fraction of sp³-hybridized carbons (Fsp3) is 0.519. The van der Waals surface area contributed by atoms with Gasteiger partial charge in [0.05, 0.1) is 29.4 Å². The van der Waals surface area contributed by atoms with Crippen LogP contribution >= 0.6 is 0 Å². The third-order valence-corrected chi connectivity index (χ3v) is 6.98. The second-order valence-corrected chi connectivity index (χ2v) is 11.0. The minimum Gasteiger partial charge on any atom is -0.444 e. The molecule has 1 N–H and O–H groups in total. The van der Waals surface area contributed by atoms with E-state index in [0.29, 0.717) is 37.6 Å². The van der Waals surface area contributed by atoms with Gasteiger partial charge in [0, 0.05) is 39.5 Å². The molecule has 0 unspecified atom stereocenters. The molecule has 202 valence electrons. The molecular weight excluding hydrogens is 486 g/mol. The number of imidazole rings is 1. The lowest BCUT2D eigenvalue weighted by Gasteiger charge is -2.31. The second kappa shape index (κ2) is 9.86. The van der Waals surface area contributed by atoms with E-state index in [1.807, 2.05) is 52.0 Å². The number of amides is 2. The normalized spacial score (nSPS) is 22.2. The Labute approximate surface area is 222 Å². The molecule has 0 spiro atoms. The zero-order chi connectivity index (χ0) is 27.2. The number of likely N-dealkylation sites (N-methyl/N-ethyl adjacent to an activating group) is 1. The van der Waals surface area contributed by atoms with Crippen molar-refractivity contribution in [3.05, 3.63) is 36.3 Å². The summed E-state index contributed by atoms with van der Waals surface area (Å²) in [5.74, 6) is 1.30. The number of nitrogens with zero attached hydrogens (tertiary/aromatic N) is 6. The van der Waals surface area contributed by atoms with Crippen molar-refractivity contribution < 1.29 is 19.1 Å². The van der Waals surface area contributed by atoms with Gasteiger partial charge in [-0.05, 0) is 52.3 Å². The summed E-state index contributed by atoms with van der Waals surface area (Å²) in [7, 11) is 3.38. The lowest BCUT2D eigenvalue weighted by atomic mass is 10.1. The van der Waals surface area contributed by atoms with Gasteiger partial charge < -0.3 is 24.3 Å². The number of ether oxygens (including phenoxy) is 2. The number of fused-ring (bicyclic) bond motifs is 5. The third-order valence-electron chi connectivity index (χ3n) is 6.98. The average molecular weight is 522 g/mol. The van der Waals surface area contributed by atoms with Crippen molar-refractivity contribution in [3.63, 3.8) is 0 Å². The highest BCUT2D eigenvalue weighted by atomic mass is 16.6. The number of carbonyl (C=O) groups is 2. The molecule has 5 heterocycles. The van der Waals surface area contributed by atoms with Crippen LogP contribution in [0.2, 0.25) is 0 Å². The second-order valence-electron chi connectivity index (χ2n) is 11.0. The molecule has 3 atom stereocenters. The monoisotopic (exact) mass is 521 g/mol. The van der Waals surface area contributed by atoms with E-state index < -0.39 is 17.7 Å². The molecule has 11 heteroatoms. The predicted octanol–water partition coefficient (Wildman–Crippen LogP) is 3.08. The maximum Gasteiger partial charge on any atom is 0.411 e. The van der Waals surface area contributed by atoms with Crippen LogP contribution < -0.4 is 5.32 Å². The Balaban J connectivity index is 1.59. The van der Waals surface area contributed by atoms with Gasteiger partial charge in [-0.15, -0.1) is 0 Å². The van der Waals surface area contributed by atoms with Crippen LogP contribution in [0.15, 0.2) is 30.5 Å². The first-order valence-electron chi connectivity index (χ1n) is 12.9. The topological polar surface area (TPSA) is 115 Å². The number of likely N-dealkylation sites (tertiary alicyclic amines) is 1. The van der Waals surface area contributed by atoms with Gasteiger partial charge in [0.25, 0.3) is 0 Å². The van der Waals surface area contributed by atoms with Crippen molar-refractivity contribution in [2.75, 3.05) is 32.6 Å². The molecule has 0 aromatic carbocycles. The highest BCUT2D eigenvalue weighted by molar-refractivity contribution is 5.89. The Morgan fingerprint density at radius 3 is 2.66 bits per heavy atom. The van der Waals surface area contributed by atoms with Gasteiger partial charge in [-0.3, -0.25) is 14.7 Å². The largest absolute Gasteiger partial charge is 0.444 e. The van der Waals surface area contributed by atoms with E-state index in [2.05, 4.69) is 14.9 Å². The molecular formula is C27H35N7O4. The van der Waals surface area contributed by atoms with Crippen LogP contribution in [0.25, 0.3) is 22.4 Å². The molecule has 0 aliphatic carbocycles. The molecule has 1 fully saturated rings. The first-order chi connectivity index (χ1) is 18.0. The highest BCUT2D eigenvalue weighted by Gasteiger charge is 2.43. The molecule has 5 rings (SSSR count). The van der Waals surface area contributed by atoms with Crippen LogP contribution in [-0.2, 0) is 20.8 Å². The van der Waals surface area contributed by atoms with Gasteiger partial charge in [-0.1, -0.05) is 6.07 Å². The number of methoxy groups -OCH3 is 1. The summed E-state index contributed by atoms with van der Waals surface area (Å²) in [4.78, 5) is 44.3. The Kier molecular flexibility index (Phi) is 6.72. The molecule has 3 aromatic rings. The molecule has 38 heavy (non-hydrogen) atoms. The van der Waals surface area contributed by atoms with E-state index in [9.17, 15) is 9.59 Å². The van der Waals surface area contributed by atoms with E-state index in [-0.39, 0.29) is 18.1 Å². The van der Waals surface area contributed by atoms with Crippen LogP contribution in [0, 0.1) is 6.92 Å². The molecule has 2 amide bonds. The lowest BCUT2D eigenvalue weighted by Crippen LogP contribution is -2.49. The standard InChI is InChI=1S/C27H35N7O4/c1-16-29-20-10-11-28-23-19-8-7-9-22(31-19)30-17-12-21(34(13-17)26(36)38-27(2,3)4)25(35)32(5)14-18(37-6)15-33(16)24(20)23/h7-11,17-18,21H,12-15H2,1-6H3,(H,30,31)/t17-,18-,21-/m0/s1. The lowest BCUT2D eigenvalue weighted by molar-refractivity contribution is -0.136. The summed E-state index contributed by atoms with van der Waals surface area (Å²) >= 11 is 0. The van der Waals surface area contributed by atoms with Crippen molar-refractivity contribution in [1.82, 2.24) is 29.3 Å². The number of nitrogens with one attached hydrogen (secondary N) is 1. The minimum atomic E-state index is -0.676. The zero-order valence-electron chi connectivity index (χ0n) is 22.8. The first-order valence-corrected chi connectivity index (χ1v) is 12.9. The van der Waals surface area contributed by atoms with Crippen molar-refractivity contribution in [2.24, 2.45) is 0 Å². The number of hydrogen-bond acceptors (Lipinski definition) is 8. The quantitative estimate of drug-likeness (QED) is 0.520. The molecule has 1 saturated heterocycles. The molecule has 4 bridgehead atoms. The van der Waals surface area contributed by atoms with Crippen molar-refractivity contribution in [1.29, 1.82) is 0 Å². The number of carbonyl (C=O) groups excluding carboxylic acids is 2. The Morgan fingerprint density at radius 1 is 1.13 bits per heavy atom. The highest BCUT2D eigenvalue weighted by Crippen LogP contribution is 2.30. The third kappa shape index (κ3) is 5.02. The SMILES string of the molecule is CO[C@H]1CN(C)C(=O)[C@@H]2C[C@@H](CN2C(=O)OC(C)(C)C)Nc2cccc(n2)-c2nccc3nc(C)n(c23)C1. The summed E-state index contributed by atoms with van der Waals surface area (Å²) < 4.78 is 13.6. The van der Waals surface area contributed by atoms with Gasteiger partial charge in [0.15, 0.2) is 0 Å². The average Bonchev–Trinajstić information content (AvgIpc) is 3.42. The number of pyridine rings is 2. The van der Waals surface area contributed by atoms with Gasteiger partial charge >= 0.3 is 6.09 Å². The number of rotatable bonds is 1. The summed E-state index contributed by atoms with van der Waals surface area (Å²) in [6, 6.07) is 6.76. The number of hydrogen-bond donors (Lipinski definition) is 1. The van der Waals surface area contributed by atoms with Crippen LogP contribution in [-0.4, -0.2) is 92.4 Å². The molecule has 3 aromatic heterocycles. The number of anilines is 1. The van der Waals surface area contributed by atoms with Crippen LogP contribution in [0.5, 0.6) is 0 Å². The summed E-state index contributed by atoms with van der Waals surface area (Å²) in [5, 5.41) is 3.44. The van der Waals surface area contributed by atoms with Gasteiger partial charge in [0.2, 0.25) is 5.91 Å². The first kappa shape index (κ1) is 25.9. The maximum absolute atomic E-state index is 13.7. The fourth-order valence-electron chi connectivity index (χ4n) is 5.22. The number of aromatic nitrogens is 4. The maximum atomic E-state index is 13.7. The summed E-state index contributed by atoms with van der Waals surface area (Å²) in [6.07, 6.45) is 1.35. The molecule has 0 saturated carbocycles. The summed E-state index contributed by atoms with van der Waals surface area (Å²) in [5.41, 5.74) is 2.45. The van der Waals surface area contributed by atoms with E-state index in [4.69, 9.17) is 19.4 Å².